The third kappa shape index (κ3) is 0.739. The van der Waals surface area contributed by atoms with Crippen molar-refractivity contribution in [1.82, 2.24) is 19.8 Å². The number of fused-ring (bicyclic) bond motifs is 1. The van der Waals surface area contributed by atoms with Crippen molar-refractivity contribution < 1.29 is 0 Å². The molecule has 0 aliphatic carbocycles. The molecule has 0 unspecified atom stereocenters. The van der Waals surface area contributed by atoms with Crippen LogP contribution in [0.15, 0.2) is 12.5 Å². The Balaban J connectivity index is 2.96. The fourth-order valence-electron chi connectivity index (χ4n) is 1.01. The number of aromatic nitrogens is 4. The molecule has 2 rings (SSSR count). The third-order valence-corrected chi connectivity index (χ3v) is 1.53. The van der Waals surface area contributed by atoms with Crippen molar-refractivity contribution in [2.45, 2.75) is 6.92 Å². The predicted octanol–water partition coefficient (Wildman–Crippen LogP) is 0.0149. The number of nitrogen functional groups attached to an aromatic ring is 1. The maximum absolute atomic E-state index is 5.59. The maximum atomic E-state index is 5.59. The molecular weight excluding hydrogens is 142 g/mol. The monoisotopic (exact) mass is 149 g/mol. The van der Waals surface area contributed by atoms with Crippen LogP contribution in [-0.2, 0) is 0 Å². The van der Waals surface area contributed by atoms with Gasteiger partial charge >= 0.3 is 0 Å². The summed E-state index contributed by atoms with van der Waals surface area (Å²) in [4.78, 5) is 3.85. The van der Waals surface area contributed by atoms with Crippen LogP contribution in [0.4, 0.5) is 5.82 Å². The van der Waals surface area contributed by atoms with E-state index in [0.717, 1.165) is 11.1 Å². The maximum Gasteiger partial charge on any atom is 0.153 e. The van der Waals surface area contributed by atoms with Crippen LogP contribution in [0, 0.1) is 6.92 Å². The fraction of sp³-hybridized carbons (Fsp3) is 0.167. The van der Waals surface area contributed by atoms with Gasteiger partial charge in [0.2, 0.25) is 0 Å². The molecule has 0 aliphatic rings. The molecular formula is C6H7N5. The van der Waals surface area contributed by atoms with Crippen molar-refractivity contribution in [2.75, 3.05) is 5.73 Å². The summed E-state index contributed by atoms with van der Waals surface area (Å²) in [5, 5.41) is 7.84. The van der Waals surface area contributed by atoms with Gasteiger partial charge in [0.1, 0.15) is 11.8 Å². The zero-order valence-corrected chi connectivity index (χ0v) is 6.02. The van der Waals surface area contributed by atoms with E-state index in [4.69, 9.17) is 5.73 Å². The Bertz CT molecular complexity index is 391. The Morgan fingerprint density at radius 2 is 2.27 bits per heavy atom. The molecule has 0 spiro atoms. The minimum absolute atomic E-state index is 0.468. The zero-order chi connectivity index (χ0) is 7.84. The highest BCUT2D eigenvalue weighted by atomic mass is 15.4. The second-order valence-corrected chi connectivity index (χ2v) is 2.31. The number of hydrogen-bond donors (Lipinski definition) is 1. The molecule has 0 saturated heterocycles. The van der Waals surface area contributed by atoms with Crippen molar-refractivity contribution in [2.24, 2.45) is 0 Å². The summed E-state index contributed by atoms with van der Waals surface area (Å²) in [5.74, 6) is 0.468. The summed E-state index contributed by atoms with van der Waals surface area (Å²) >= 11 is 0. The molecule has 0 radical (unpaired) electrons. The van der Waals surface area contributed by atoms with E-state index in [1.807, 2.05) is 6.92 Å². The minimum Gasteiger partial charge on any atom is -0.382 e. The summed E-state index contributed by atoms with van der Waals surface area (Å²) < 4.78 is 1.47. The van der Waals surface area contributed by atoms with E-state index in [2.05, 4.69) is 15.2 Å². The lowest BCUT2D eigenvalue weighted by molar-refractivity contribution is 0.783. The molecule has 5 heteroatoms. The average Bonchev–Trinajstić information content (AvgIpc) is 2.34. The lowest BCUT2D eigenvalue weighted by Gasteiger charge is -1.94. The number of nitrogens with zero attached hydrogens (tertiary/aromatic N) is 4. The van der Waals surface area contributed by atoms with Crippen LogP contribution in [-0.4, -0.2) is 19.8 Å². The SMILES string of the molecule is Cc1cnn2ncnc(N)c12. The van der Waals surface area contributed by atoms with Crippen LogP contribution in [0.3, 0.4) is 0 Å². The summed E-state index contributed by atoms with van der Waals surface area (Å²) in [7, 11) is 0. The molecule has 0 amide bonds. The lowest BCUT2D eigenvalue weighted by Crippen LogP contribution is -1.99. The van der Waals surface area contributed by atoms with E-state index in [9.17, 15) is 0 Å². The second-order valence-electron chi connectivity index (χ2n) is 2.31. The first kappa shape index (κ1) is 6.09. The quantitative estimate of drug-likeness (QED) is 0.573. The van der Waals surface area contributed by atoms with Gasteiger partial charge in [0, 0.05) is 5.56 Å². The largest absolute Gasteiger partial charge is 0.382 e. The molecule has 2 heterocycles. The molecule has 56 valence electrons. The van der Waals surface area contributed by atoms with Crippen LogP contribution in [0.25, 0.3) is 5.52 Å². The Morgan fingerprint density at radius 1 is 1.45 bits per heavy atom. The highest BCUT2D eigenvalue weighted by molar-refractivity contribution is 5.67. The van der Waals surface area contributed by atoms with Crippen molar-refractivity contribution >= 4 is 11.3 Å². The van der Waals surface area contributed by atoms with E-state index in [-0.39, 0.29) is 0 Å². The number of rotatable bonds is 0. The summed E-state index contributed by atoms with van der Waals surface area (Å²) in [6.07, 6.45) is 3.09. The lowest BCUT2D eigenvalue weighted by atomic mass is 10.3. The van der Waals surface area contributed by atoms with Gasteiger partial charge in [0.15, 0.2) is 5.82 Å². The van der Waals surface area contributed by atoms with Gasteiger partial charge in [-0.1, -0.05) is 0 Å². The summed E-state index contributed by atoms with van der Waals surface area (Å²) in [6.45, 7) is 1.92. The summed E-state index contributed by atoms with van der Waals surface area (Å²) in [6, 6.07) is 0. The molecule has 0 aromatic carbocycles. The van der Waals surface area contributed by atoms with Crippen LogP contribution in [0.5, 0.6) is 0 Å². The zero-order valence-electron chi connectivity index (χ0n) is 6.02. The normalized spacial score (nSPS) is 10.6. The topological polar surface area (TPSA) is 69.1 Å². The van der Waals surface area contributed by atoms with Crippen LogP contribution in [0.2, 0.25) is 0 Å². The first-order valence-electron chi connectivity index (χ1n) is 3.20. The highest BCUT2D eigenvalue weighted by Gasteiger charge is 2.03. The summed E-state index contributed by atoms with van der Waals surface area (Å²) in [5.41, 5.74) is 7.36. The molecule has 2 N–H and O–H groups in total. The van der Waals surface area contributed by atoms with Gasteiger partial charge in [-0.15, -0.1) is 9.73 Å². The molecule has 0 atom stereocenters. The minimum atomic E-state index is 0.468. The van der Waals surface area contributed by atoms with Gasteiger partial charge < -0.3 is 5.73 Å². The Hall–Kier alpha value is -1.65. The standard InChI is InChI=1S/C6H7N5/c1-4-2-9-11-5(4)6(7)8-3-10-11/h2-3H,1H3,(H2,7,8,10). The van der Waals surface area contributed by atoms with Crippen LogP contribution < -0.4 is 5.73 Å². The van der Waals surface area contributed by atoms with Gasteiger partial charge in [-0.3, -0.25) is 0 Å². The number of hydrogen-bond acceptors (Lipinski definition) is 4. The predicted molar refractivity (Wildman–Crippen MR) is 39.9 cm³/mol. The Morgan fingerprint density at radius 3 is 3.00 bits per heavy atom. The third-order valence-electron chi connectivity index (χ3n) is 1.53. The smallest absolute Gasteiger partial charge is 0.153 e. The molecule has 0 fully saturated rings. The molecule has 11 heavy (non-hydrogen) atoms. The second kappa shape index (κ2) is 1.91. The number of aryl methyl sites for hydroxylation is 1. The van der Waals surface area contributed by atoms with Crippen LogP contribution in [0.1, 0.15) is 5.56 Å². The number of nitrogens with two attached hydrogens (primary N) is 1. The van der Waals surface area contributed by atoms with Crippen molar-refractivity contribution in [3.05, 3.63) is 18.1 Å². The van der Waals surface area contributed by atoms with E-state index >= 15 is 0 Å². The van der Waals surface area contributed by atoms with Crippen molar-refractivity contribution in [1.29, 1.82) is 0 Å². The Kier molecular flexibility index (Phi) is 1.06. The highest BCUT2D eigenvalue weighted by Crippen LogP contribution is 2.11. The van der Waals surface area contributed by atoms with Gasteiger partial charge in [-0.05, 0) is 6.92 Å². The van der Waals surface area contributed by atoms with E-state index < -0.39 is 0 Å². The fourth-order valence-corrected chi connectivity index (χ4v) is 1.01. The van der Waals surface area contributed by atoms with E-state index in [1.54, 1.807) is 6.20 Å². The van der Waals surface area contributed by atoms with E-state index in [0.29, 0.717) is 5.82 Å². The molecule has 2 aromatic rings. The van der Waals surface area contributed by atoms with Crippen LogP contribution >= 0.6 is 0 Å². The first-order chi connectivity index (χ1) is 5.29. The molecule has 5 nitrogen and oxygen atoms in total. The molecule has 0 bridgehead atoms. The number of anilines is 1. The first-order valence-corrected chi connectivity index (χ1v) is 3.20. The average molecular weight is 149 g/mol. The Labute approximate surface area is 62.9 Å². The van der Waals surface area contributed by atoms with Crippen molar-refractivity contribution in [3.63, 3.8) is 0 Å². The van der Waals surface area contributed by atoms with Crippen molar-refractivity contribution in [3.8, 4) is 0 Å². The molecule has 2 aromatic heterocycles. The van der Waals surface area contributed by atoms with Gasteiger partial charge in [0.05, 0.1) is 6.20 Å². The van der Waals surface area contributed by atoms with E-state index in [1.165, 1.54) is 11.0 Å². The van der Waals surface area contributed by atoms with Gasteiger partial charge in [0.25, 0.3) is 0 Å². The van der Waals surface area contributed by atoms with Gasteiger partial charge in [-0.2, -0.15) is 5.10 Å². The van der Waals surface area contributed by atoms with Gasteiger partial charge in [-0.25, -0.2) is 4.98 Å². The molecule has 0 saturated carbocycles. The molecule has 0 aliphatic heterocycles.